The maximum atomic E-state index is 9.53. The number of ether oxygens (including phenoxy) is 4. The van der Waals surface area contributed by atoms with Gasteiger partial charge in [0.25, 0.3) is 0 Å². The Labute approximate surface area is 169 Å². The summed E-state index contributed by atoms with van der Waals surface area (Å²) in [7, 11) is 0. The van der Waals surface area contributed by atoms with Crippen LogP contribution in [0.4, 0.5) is 0 Å². The lowest BCUT2D eigenvalue weighted by molar-refractivity contribution is -0.173. The number of aryl methyl sites for hydroxylation is 2. The van der Waals surface area contributed by atoms with Gasteiger partial charge in [0.05, 0.1) is 45.1 Å². The molecular formula is C19H32O8S. The van der Waals surface area contributed by atoms with E-state index >= 15 is 0 Å². The van der Waals surface area contributed by atoms with Crippen LogP contribution in [-0.4, -0.2) is 84.5 Å². The van der Waals surface area contributed by atoms with E-state index in [1.165, 1.54) is 0 Å². The highest BCUT2D eigenvalue weighted by atomic mass is 32.1. The van der Waals surface area contributed by atoms with Gasteiger partial charge >= 0.3 is 0 Å². The van der Waals surface area contributed by atoms with E-state index in [4.69, 9.17) is 18.9 Å². The Balaban J connectivity index is 2.23. The molecule has 1 aliphatic rings. The highest BCUT2D eigenvalue weighted by Gasteiger charge is 2.41. The van der Waals surface area contributed by atoms with Crippen LogP contribution in [0.2, 0.25) is 0 Å². The molecule has 0 unspecified atom stereocenters. The van der Waals surface area contributed by atoms with E-state index in [1.54, 1.807) is 25.2 Å². The standard InChI is InChI=1S/C19H32O8S/c1-13-15-16(14(2)28-13)25-10-19(9-24-15,11-26-17(3,5-20)6-21)12-27-18(4,7-22)8-23/h20-23H,5-12H2,1-4H3. The Hall–Kier alpha value is -0.940. The van der Waals surface area contributed by atoms with Gasteiger partial charge in [0.1, 0.15) is 24.4 Å². The minimum absolute atomic E-state index is 0.0867. The largest absolute Gasteiger partial charge is 0.488 e. The molecule has 0 aliphatic carbocycles. The van der Waals surface area contributed by atoms with Crippen molar-refractivity contribution in [1.82, 2.24) is 0 Å². The summed E-state index contributed by atoms with van der Waals surface area (Å²) >= 11 is 1.60. The van der Waals surface area contributed by atoms with Crippen LogP contribution in [0.3, 0.4) is 0 Å². The molecule has 0 fully saturated rings. The molecule has 28 heavy (non-hydrogen) atoms. The van der Waals surface area contributed by atoms with E-state index in [9.17, 15) is 20.4 Å². The van der Waals surface area contributed by atoms with E-state index in [-0.39, 0.29) is 52.9 Å². The molecule has 0 atom stereocenters. The Bertz CT molecular complexity index is 584. The summed E-state index contributed by atoms with van der Waals surface area (Å²) < 4.78 is 23.8. The van der Waals surface area contributed by atoms with Crippen LogP contribution in [-0.2, 0) is 9.47 Å². The number of aliphatic hydroxyl groups is 4. The predicted octanol–water partition coefficient (Wildman–Crippen LogP) is 0.642. The molecule has 1 aromatic heterocycles. The minimum Gasteiger partial charge on any atom is -0.488 e. The summed E-state index contributed by atoms with van der Waals surface area (Å²) in [6.45, 7) is 6.35. The SMILES string of the molecule is Cc1sc(C)c2c1OCC(COC(C)(CO)CO)(COC(C)(CO)CO)CO2. The molecule has 0 bridgehead atoms. The lowest BCUT2D eigenvalue weighted by Gasteiger charge is -2.37. The average Bonchev–Trinajstić information content (AvgIpc) is 2.86. The molecule has 162 valence electrons. The summed E-state index contributed by atoms with van der Waals surface area (Å²) in [5.41, 5.74) is -3.01. The highest BCUT2D eigenvalue weighted by Crippen LogP contribution is 2.44. The van der Waals surface area contributed by atoms with Gasteiger partial charge in [-0.25, -0.2) is 0 Å². The lowest BCUT2D eigenvalue weighted by atomic mass is 9.91. The van der Waals surface area contributed by atoms with Gasteiger partial charge in [0.2, 0.25) is 0 Å². The molecule has 0 spiro atoms. The summed E-state index contributed by atoms with van der Waals surface area (Å²) in [6.07, 6.45) is 0. The van der Waals surface area contributed by atoms with Crippen LogP contribution in [0.5, 0.6) is 11.5 Å². The fourth-order valence-electron chi connectivity index (χ4n) is 2.61. The van der Waals surface area contributed by atoms with Crippen LogP contribution in [0.15, 0.2) is 0 Å². The minimum atomic E-state index is -1.12. The molecule has 0 aromatic carbocycles. The first-order valence-corrected chi connectivity index (χ1v) is 10.0. The molecule has 1 aliphatic heterocycles. The Morgan fingerprint density at radius 2 is 1.18 bits per heavy atom. The smallest absolute Gasteiger partial charge is 0.175 e. The number of hydrogen-bond acceptors (Lipinski definition) is 9. The fraction of sp³-hybridized carbons (Fsp3) is 0.789. The monoisotopic (exact) mass is 420 g/mol. The molecule has 2 heterocycles. The van der Waals surface area contributed by atoms with Crippen molar-refractivity contribution >= 4 is 11.3 Å². The van der Waals surface area contributed by atoms with Crippen molar-refractivity contribution in [3.8, 4) is 11.5 Å². The predicted molar refractivity (Wildman–Crippen MR) is 104 cm³/mol. The normalized spacial score (nSPS) is 16.9. The molecule has 0 saturated heterocycles. The van der Waals surface area contributed by atoms with Crippen molar-refractivity contribution in [2.75, 3.05) is 52.9 Å². The van der Waals surface area contributed by atoms with Crippen molar-refractivity contribution in [2.45, 2.75) is 38.9 Å². The lowest BCUT2D eigenvalue weighted by Crippen LogP contribution is -2.50. The topological polar surface area (TPSA) is 118 Å². The zero-order valence-corrected chi connectivity index (χ0v) is 17.8. The highest BCUT2D eigenvalue weighted by molar-refractivity contribution is 7.12. The van der Waals surface area contributed by atoms with Crippen molar-refractivity contribution in [3.05, 3.63) is 9.75 Å². The van der Waals surface area contributed by atoms with E-state index in [0.717, 1.165) is 9.75 Å². The number of aliphatic hydroxyl groups excluding tert-OH is 4. The molecule has 4 N–H and O–H groups in total. The number of hydrogen-bond donors (Lipinski definition) is 4. The van der Waals surface area contributed by atoms with Crippen LogP contribution in [0.1, 0.15) is 23.6 Å². The molecule has 8 nitrogen and oxygen atoms in total. The van der Waals surface area contributed by atoms with Gasteiger partial charge in [0.15, 0.2) is 11.5 Å². The summed E-state index contributed by atoms with van der Waals surface area (Å²) in [5, 5.41) is 38.1. The average molecular weight is 421 g/mol. The molecule has 0 radical (unpaired) electrons. The zero-order chi connectivity index (χ0) is 21.0. The first kappa shape index (κ1) is 23.3. The van der Waals surface area contributed by atoms with Crippen LogP contribution in [0.25, 0.3) is 0 Å². The Morgan fingerprint density at radius 1 is 0.821 bits per heavy atom. The number of rotatable bonds is 10. The van der Waals surface area contributed by atoms with Gasteiger partial charge in [-0.05, 0) is 27.7 Å². The molecule has 1 aromatic rings. The molecule has 0 saturated carbocycles. The van der Waals surface area contributed by atoms with Crippen molar-refractivity contribution < 1.29 is 39.4 Å². The van der Waals surface area contributed by atoms with Crippen molar-refractivity contribution in [2.24, 2.45) is 5.41 Å². The molecule has 2 rings (SSSR count). The molecular weight excluding hydrogens is 388 g/mol. The van der Waals surface area contributed by atoms with Gasteiger partial charge < -0.3 is 39.4 Å². The van der Waals surface area contributed by atoms with Crippen LogP contribution in [0, 0.1) is 19.3 Å². The Kier molecular flexibility index (Phi) is 7.71. The first-order chi connectivity index (χ1) is 13.2. The third kappa shape index (κ3) is 5.15. The number of thiophene rings is 1. The quantitative estimate of drug-likeness (QED) is 0.436. The third-order valence-electron chi connectivity index (χ3n) is 4.99. The van der Waals surface area contributed by atoms with Gasteiger partial charge in [-0.2, -0.15) is 0 Å². The van der Waals surface area contributed by atoms with E-state index in [0.29, 0.717) is 11.5 Å². The van der Waals surface area contributed by atoms with Gasteiger partial charge in [-0.1, -0.05) is 0 Å². The Morgan fingerprint density at radius 3 is 1.50 bits per heavy atom. The maximum absolute atomic E-state index is 9.53. The van der Waals surface area contributed by atoms with E-state index in [1.807, 2.05) is 13.8 Å². The van der Waals surface area contributed by atoms with Crippen molar-refractivity contribution in [3.63, 3.8) is 0 Å². The van der Waals surface area contributed by atoms with Crippen molar-refractivity contribution in [1.29, 1.82) is 0 Å². The van der Waals surface area contributed by atoms with Crippen LogP contribution < -0.4 is 9.47 Å². The second-order valence-corrected chi connectivity index (χ2v) is 9.49. The van der Waals surface area contributed by atoms with Gasteiger partial charge in [-0.3, -0.25) is 0 Å². The maximum Gasteiger partial charge on any atom is 0.175 e. The van der Waals surface area contributed by atoms with E-state index in [2.05, 4.69) is 0 Å². The second-order valence-electron chi connectivity index (χ2n) is 8.06. The van der Waals surface area contributed by atoms with Gasteiger partial charge in [-0.15, -0.1) is 11.3 Å². The molecule has 0 amide bonds. The summed E-state index contributed by atoms with van der Waals surface area (Å²) in [4.78, 5) is 2.02. The molecule has 9 heteroatoms. The number of fused-ring (bicyclic) bond motifs is 1. The first-order valence-electron chi connectivity index (χ1n) is 9.22. The van der Waals surface area contributed by atoms with Crippen LogP contribution >= 0.6 is 11.3 Å². The second kappa shape index (κ2) is 9.25. The van der Waals surface area contributed by atoms with E-state index < -0.39 is 16.6 Å². The fourth-order valence-corrected chi connectivity index (χ4v) is 3.56. The van der Waals surface area contributed by atoms with Gasteiger partial charge in [0, 0.05) is 9.75 Å². The zero-order valence-electron chi connectivity index (χ0n) is 17.0. The summed E-state index contributed by atoms with van der Waals surface area (Å²) in [6, 6.07) is 0. The summed E-state index contributed by atoms with van der Waals surface area (Å²) in [5.74, 6) is 1.40. The third-order valence-corrected chi connectivity index (χ3v) is 5.97.